The van der Waals surface area contributed by atoms with E-state index in [-0.39, 0.29) is 30.2 Å². The number of aliphatic hydroxyl groups is 1. The summed E-state index contributed by atoms with van der Waals surface area (Å²) in [5.74, 6) is -2.39. The molecule has 4 saturated heterocycles. The molecule has 0 aromatic heterocycles. The minimum atomic E-state index is -1.12. The summed E-state index contributed by atoms with van der Waals surface area (Å²) in [6.45, 7) is 9.81. The summed E-state index contributed by atoms with van der Waals surface area (Å²) in [7, 11) is 0. The molecule has 4 aliphatic heterocycles. The summed E-state index contributed by atoms with van der Waals surface area (Å²) >= 11 is 0. The van der Waals surface area contributed by atoms with Crippen LogP contribution in [0.2, 0.25) is 0 Å². The van der Waals surface area contributed by atoms with Gasteiger partial charge in [-0.25, -0.2) is 0 Å². The van der Waals surface area contributed by atoms with Gasteiger partial charge in [-0.15, -0.1) is 0 Å². The molecular weight excluding hydrogens is 488 g/mol. The van der Waals surface area contributed by atoms with Crippen molar-refractivity contribution in [1.82, 2.24) is 20.4 Å². The van der Waals surface area contributed by atoms with Gasteiger partial charge in [0.15, 0.2) is 0 Å². The molecule has 5 rings (SSSR count). The Morgan fingerprint density at radius 2 is 1.87 bits per heavy atom. The number of hydrogen-bond acceptors (Lipinski definition) is 7. The van der Waals surface area contributed by atoms with Crippen LogP contribution in [-0.4, -0.2) is 102 Å². The number of hydrogen-bond donors (Lipinski definition) is 3. The van der Waals surface area contributed by atoms with Gasteiger partial charge in [0, 0.05) is 32.7 Å². The van der Waals surface area contributed by atoms with Crippen LogP contribution in [0, 0.1) is 17.8 Å². The van der Waals surface area contributed by atoms with E-state index in [0.29, 0.717) is 39.3 Å². The highest BCUT2D eigenvalue weighted by Crippen LogP contribution is 2.65. The third-order valence-electron chi connectivity index (χ3n) is 9.16. The lowest BCUT2D eigenvalue weighted by molar-refractivity contribution is -0.150. The second kappa shape index (κ2) is 10.6. The Morgan fingerprint density at radius 1 is 1.16 bits per heavy atom. The van der Waals surface area contributed by atoms with E-state index in [9.17, 15) is 19.5 Å². The molecular formula is C28H40N4O6. The van der Waals surface area contributed by atoms with Crippen molar-refractivity contribution in [3.63, 3.8) is 0 Å². The minimum absolute atomic E-state index is 0.0351. The molecule has 3 unspecified atom stereocenters. The van der Waals surface area contributed by atoms with Crippen molar-refractivity contribution < 1.29 is 29.0 Å². The first-order valence-electron chi connectivity index (χ1n) is 13.8. The second-order valence-corrected chi connectivity index (χ2v) is 11.4. The lowest BCUT2D eigenvalue weighted by Gasteiger charge is -2.36. The number of rotatable bonds is 9. The average molecular weight is 529 g/mol. The molecule has 0 aliphatic carbocycles. The van der Waals surface area contributed by atoms with E-state index in [1.807, 2.05) is 44.2 Å². The molecule has 1 aromatic rings. The predicted molar refractivity (Wildman–Crippen MR) is 139 cm³/mol. The van der Waals surface area contributed by atoms with Gasteiger partial charge in [-0.3, -0.25) is 19.3 Å². The molecule has 3 amide bonds. The maximum atomic E-state index is 14.0. The summed E-state index contributed by atoms with van der Waals surface area (Å²) in [5, 5.41) is 16.1. The lowest BCUT2D eigenvalue weighted by atomic mass is 9.62. The summed E-state index contributed by atoms with van der Waals surface area (Å²) in [6.07, 6.45) is 0.499. The van der Waals surface area contributed by atoms with Crippen LogP contribution < -0.4 is 10.6 Å². The highest BCUT2D eigenvalue weighted by atomic mass is 16.5. The summed E-state index contributed by atoms with van der Waals surface area (Å²) in [4.78, 5) is 45.2. The molecule has 38 heavy (non-hydrogen) atoms. The van der Waals surface area contributed by atoms with Crippen LogP contribution in [0.1, 0.15) is 32.8 Å². The third-order valence-corrected chi connectivity index (χ3v) is 9.16. The van der Waals surface area contributed by atoms with E-state index in [0.717, 1.165) is 18.7 Å². The van der Waals surface area contributed by atoms with E-state index >= 15 is 0 Å². The van der Waals surface area contributed by atoms with Gasteiger partial charge in [0.1, 0.15) is 11.6 Å². The molecule has 4 heterocycles. The molecule has 0 saturated carbocycles. The Labute approximate surface area is 224 Å². The van der Waals surface area contributed by atoms with Gasteiger partial charge < -0.3 is 30.1 Å². The highest BCUT2D eigenvalue weighted by Gasteiger charge is 2.80. The zero-order valence-corrected chi connectivity index (χ0v) is 22.5. The number of carbonyl (C=O) groups excluding carboxylic acids is 3. The fraction of sp³-hybridized carbons (Fsp3) is 0.679. The number of fused-ring (bicyclic) bond motifs is 1. The number of nitrogens with one attached hydrogen (secondary N) is 2. The minimum Gasteiger partial charge on any atom is -0.394 e. The number of morpholine rings is 1. The van der Waals surface area contributed by atoms with Crippen molar-refractivity contribution in [3.8, 4) is 0 Å². The number of carbonyl (C=O) groups is 3. The van der Waals surface area contributed by atoms with E-state index in [2.05, 4.69) is 15.5 Å². The quantitative estimate of drug-likeness (QED) is 0.417. The molecule has 4 aliphatic rings. The smallest absolute Gasteiger partial charge is 0.245 e. The highest BCUT2D eigenvalue weighted by molar-refractivity contribution is 5.99. The molecule has 1 aromatic carbocycles. The Kier molecular flexibility index (Phi) is 7.52. The monoisotopic (exact) mass is 528 g/mol. The van der Waals surface area contributed by atoms with Gasteiger partial charge in [-0.2, -0.15) is 0 Å². The van der Waals surface area contributed by atoms with Crippen molar-refractivity contribution in [2.24, 2.45) is 17.8 Å². The van der Waals surface area contributed by atoms with E-state index in [4.69, 9.17) is 9.47 Å². The van der Waals surface area contributed by atoms with Crippen molar-refractivity contribution >= 4 is 17.7 Å². The maximum Gasteiger partial charge on any atom is 0.245 e. The molecule has 3 N–H and O–H groups in total. The summed E-state index contributed by atoms with van der Waals surface area (Å²) < 4.78 is 12.1. The zero-order chi connectivity index (χ0) is 27.1. The number of amides is 3. The summed E-state index contributed by atoms with van der Waals surface area (Å²) in [6, 6.07) is 8.12. The number of nitrogens with zero attached hydrogens (tertiary/aromatic N) is 2. The lowest BCUT2D eigenvalue weighted by Crippen LogP contribution is -2.58. The molecule has 0 radical (unpaired) electrons. The van der Waals surface area contributed by atoms with Crippen LogP contribution in [0.3, 0.4) is 0 Å². The van der Waals surface area contributed by atoms with E-state index in [1.165, 1.54) is 4.90 Å². The Hall–Kier alpha value is -2.53. The third kappa shape index (κ3) is 4.41. The van der Waals surface area contributed by atoms with Gasteiger partial charge in [-0.1, -0.05) is 37.3 Å². The molecule has 1 spiro atoms. The molecule has 10 heteroatoms. The normalized spacial score (nSPS) is 35.3. The van der Waals surface area contributed by atoms with Gasteiger partial charge in [0.25, 0.3) is 0 Å². The largest absolute Gasteiger partial charge is 0.394 e. The first-order chi connectivity index (χ1) is 18.2. The van der Waals surface area contributed by atoms with Crippen molar-refractivity contribution in [3.05, 3.63) is 35.9 Å². The fourth-order valence-electron chi connectivity index (χ4n) is 7.09. The molecule has 208 valence electrons. The topological polar surface area (TPSA) is 120 Å². The molecule has 4 fully saturated rings. The average Bonchev–Trinajstić information content (AvgIpc) is 3.44. The Balaban J connectivity index is 1.39. The number of ether oxygens (including phenoxy) is 2. The molecule has 10 nitrogen and oxygen atoms in total. The first kappa shape index (κ1) is 27.1. The van der Waals surface area contributed by atoms with Gasteiger partial charge in [0.2, 0.25) is 17.7 Å². The Bertz CT molecular complexity index is 1050. The van der Waals surface area contributed by atoms with Crippen LogP contribution in [-0.2, 0) is 30.4 Å². The Morgan fingerprint density at radius 3 is 2.55 bits per heavy atom. The van der Waals surface area contributed by atoms with Gasteiger partial charge in [-0.05, 0) is 31.7 Å². The predicted octanol–water partition coefficient (Wildman–Crippen LogP) is 0.143. The molecule has 7 atom stereocenters. The standard InChI is InChI=1S/C28H40N4O6/c1-18-15-28-22(21(27(18,3)38-28)24(34)30-16-20-7-5-4-6-8-20)26(36)32(19(2)17-33)23(28)25(35)29-9-10-31-11-13-37-14-12-31/h4-8,18-19,21-23,33H,9-17H2,1-3H3,(H,29,35)(H,30,34)/t18?,19-,21+,22+,23?,27-,28?/m1/s1. The van der Waals surface area contributed by atoms with Crippen LogP contribution >= 0.6 is 0 Å². The van der Waals surface area contributed by atoms with Gasteiger partial charge >= 0.3 is 0 Å². The van der Waals surface area contributed by atoms with Crippen LogP contribution in [0.25, 0.3) is 0 Å². The maximum absolute atomic E-state index is 14.0. The van der Waals surface area contributed by atoms with Crippen LogP contribution in [0.4, 0.5) is 0 Å². The SMILES string of the molecule is CC1CC23O[C@@]1(C)[C@H](C(=O)NCc1ccccc1)[C@H]2C(=O)N([C@H](C)CO)C3C(=O)NCCN1CCOCC1. The van der Waals surface area contributed by atoms with Crippen molar-refractivity contribution in [1.29, 1.82) is 0 Å². The second-order valence-electron chi connectivity index (χ2n) is 11.4. The first-order valence-corrected chi connectivity index (χ1v) is 13.8. The van der Waals surface area contributed by atoms with E-state index in [1.54, 1.807) is 6.92 Å². The number of aliphatic hydroxyl groups excluding tert-OH is 1. The van der Waals surface area contributed by atoms with Crippen molar-refractivity contribution in [2.75, 3.05) is 46.0 Å². The molecule has 2 bridgehead atoms. The summed E-state index contributed by atoms with van der Waals surface area (Å²) in [5.41, 5.74) is -1.03. The zero-order valence-electron chi connectivity index (χ0n) is 22.5. The van der Waals surface area contributed by atoms with Crippen LogP contribution in [0.5, 0.6) is 0 Å². The fourth-order valence-corrected chi connectivity index (χ4v) is 7.09. The number of likely N-dealkylation sites (tertiary alicyclic amines) is 1. The van der Waals surface area contributed by atoms with Crippen LogP contribution in [0.15, 0.2) is 30.3 Å². The number of benzene rings is 1. The van der Waals surface area contributed by atoms with E-state index < -0.39 is 35.1 Å². The van der Waals surface area contributed by atoms with Gasteiger partial charge in [0.05, 0.1) is 43.3 Å². The van der Waals surface area contributed by atoms with Crippen molar-refractivity contribution in [2.45, 2.75) is 57.0 Å².